The molecule has 120 valence electrons. The first kappa shape index (κ1) is 16.5. The average Bonchev–Trinajstić information content (AvgIpc) is 3.05. The van der Waals surface area contributed by atoms with Gasteiger partial charge in [0.1, 0.15) is 11.4 Å². The number of carbonyl (C=O) groups excluding carboxylic acids is 1. The molecular formula is C16H18N4O3. The Morgan fingerprint density at radius 1 is 1.35 bits per heavy atom. The Bertz CT molecular complexity index is 691. The summed E-state index contributed by atoms with van der Waals surface area (Å²) in [7, 11) is 0. The Kier molecular flexibility index (Phi) is 6.12. The number of benzene rings is 1. The molecule has 1 aromatic heterocycles. The molecule has 0 aliphatic heterocycles. The maximum Gasteiger partial charge on any atom is 0.361 e. The van der Waals surface area contributed by atoms with E-state index in [-0.39, 0.29) is 12.3 Å². The summed E-state index contributed by atoms with van der Waals surface area (Å²) in [6.45, 7) is 2.55. The zero-order valence-electron chi connectivity index (χ0n) is 12.9. The summed E-state index contributed by atoms with van der Waals surface area (Å²) >= 11 is 0. The first-order valence-electron chi connectivity index (χ1n) is 7.44. The number of rotatable bonds is 8. The second-order valence-corrected chi connectivity index (χ2v) is 4.73. The smallest absolute Gasteiger partial charge is 0.361 e. The van der Waals surface area contributed by atoms with Gasteiger partial charge in [-0.15, -0.1) is 5.10 Å². The second-order valence-electron chi connectivity index (χ2n) is 4.73. The minimum atomic E-state index is -0.515. The van der Waals surface area contributed by atoms with E-state index >= 15 is 0 Å². The van der Waals surface area contributed by atoms with Gasteiger partial charge in [0.05, 0.1) is 19.3 Å². The summed E-state index contributed by atoms with van der Waals surface area (Å²) in [5.41, 5.74) is 1.30. The normalized spacial score (nSPS) is 10.1. The van der Waals surface area contributed by atoms with Crippen molar-refractivity contribution in [2.45, 2.75) is 26.2 Å². The standard InChI is InChI=1S/C16H18N4O3/c1-2-22-16(21)15-14(18-20-19-15)12-7-6-8-13(11-12)23-10-5-3-4-9-17/h6-8,11H,2-5,10H2,1H3,(H,18,19,20). The lowest BCUT2D eigenvalue weighted by Gasteiger charge is -2.07. The molecule has 1 heterocycles. The van der Waals surface area contributed by atoms with Crippen molar-refractivity contribution in [3.63, 3.8) is 0 Å². The van der Waals surface area contributed by atoms with Crippen LogP contribution in [-0.4, -0.2) is 34.6 Å². The van der Waals surface area contributed by atoms with Crippen molar-refractivity contribution in [2.24, 2.45) is 0 Å². The van der Waals surface area contributed by atoms with Crippen molar-refractivity contribution in [3.8, 4) is 23.1 Å². The summed E-state index contributed by atoms with van der Waals surface area (Å²) < 4.78 is 10.6. The first-order chi connectivity index (χ1) is 11.3. The van der Waals surface area contributed by atoms with E-state index in [9.17, 15) is 4.79 Å². The van der Waals surface area contributed by atoms with Crippen LogP contribution in [0.25, 0.3) is 11.3 Å². The zero-order chi connectivity index (χ0) is 16.5. The summed E-state index contributed by atoms with van der Waals surface area (Å²) in [5, 5.41) is 18.8. The van der Waals surface area contributed by atoms with Gasteiger partial charge < -0.3 is 9.47 Å². The lowest BCUT2D eigenvalue weighted by Crippen LogP contribution is -2.06. The van der Waals surface area contributed by atoms with Crippen LogP contribution in [0.5, 0.6) is 5.75 Å². The van der Waals surface area contributed by atoms with Crippen molar-refractivity contribution in [2.75, 3.05) is 13.2 Å². The number of ether oxygens (including phenoxy) is 2. The van der Waals surface area contributed by atoms with Gasteiger partial charge in [0.2, 0.25) is 0 Å². The second kappa shape index (κ2) is 8.54. The molecular weight excluding hydrogens is 296 g/mol. The highest BCUT2D eigenvalue weighted by Gasteiger charge is 2.19. The fraction of sp³-hybridized carbons (Fsp3) is 0.375. The van der Waals surface area contributed by atoms with E-state index in [1.165, 1.54) is 0 Å². The number of nitrogens with zero attached hydrogens (tertiary/aromatic N) is 3. The number of carbonyl (C=O) groups is 1. The number of nitriles is 1. The third-order valence-electron chi connectivity index (χ3n) is 3.08. The molecule has 23 heavy (non-hydrogen) atoms. The Balaban J connectivity index is 2.07. The van der Waals surface area contributed by atoms with Crippen LogP contribution >= 0.6 is 0 Å². The van der Waals surface area contributed by atoms with E-state index in [2.05, 4.69) is 21.5 Å². The molecule has 0 fully saturated rings. The molecule has 0 saturated carbocycles. The Hall–Kier alpha value is -2.88. The van der Waals surface area contributed by atoms with Crippen molar-refractivity contribution in [3.05, 3.63) is 30.0 Å². The lowest BCUT2D eigenvalue weighted by atomic mass is 10.1. The molecule has 1 N–H and O–H groups in total. The molecule has 0 radical (unpaired) electrons. The van der Waals surface area contributed by atoms with Crippen molar-refractivity contribution in [1.29, 1.82) is 5.26 Å². The van der Waals surface area contributed by atoms with E-state index in [0.717, 1.165) is 18.4 Å². The van der Waals surface area contributed by atoms with E-state index in [4.69, 9.17) is 14.7 Å². The SMILES string of the molecule is CCOC(=O)c1n[nH]nc1-c1cccc(OCCCCC#N)c1. The molecule has 0 bridgehead atoms. The largest absolute Gasteiger partial charge is 0.494 e. The highest BCUT2D eigenvalue weighted by molar-refractivity contribution is 5.93. The number of aromatic nitrogens is 3. The predicted molar refractivity (Wildman–Crippen MR) is 82.7 cm³/mol. The van der Waals surface area contributed by atoms with Crippen LogP contribution in [0.15, 0.2) is 24.3 Å². The van der Waals surface area contributed by atoms with Gasteiger partial charge in [0.25, 0.3) is 0 Å². The van der Waals surface area contributed by atoms with E-state index < -0.39 is 5.97 Å². The number of hydrogen-bond acceptors (Lipinski definition) is 6. The molecule has 7 nitrogen and oxygen atoms in total. The molecule has 1 aromatic carbocycles. The summed E-state index contributed by atoms with van der Waals surface area (Å²) in [4.78, 5) is 11.9. The first-order valence-corrected chi connectivity index (χ1v) is 7.44. The highest BCUT2D eigenvalue weighted by atomic mass is 16.5. The van der Waals surface area contributed by atoms with Crippen molar-refractivity contribution < 1.29 is 14.3 Å². The number of H-pyrrole nitrogens is 1. The van der Waals surface area contributed by atoms with Gasteiger partial charge in [-0.05, 0) is 31.9 Å². The maximum absolute atomic E-state index is 11.9. The van der Waals surface area contributed by atoms with Crippen molar-refractivity contribution in [1.82, 2.24) is 15.4 Å². The van der Waals surface area contributed by atoms with Crippen molar-refractivity contribution >= 4 is 5.97 Å². The Morgan fingerprint density at radius 2 is 2.22 bits per heavy atom. The summed E-state index contributed by atoms with van der Waals surface area (Å²) in [5.74, 6) is 0.163. The number of aromatic amines is 1. The monoisotopic (exact) mass is 314 g/mol. The van der Waals surface area contributed by atoms with Gasteiger partial charge in [0, 0.05) is 12.0 Å². The molecule has 0 spiro atoms. The van der Waals surface area contributed by atoms with Crippen LogP contribution in [0.4, 0.5) is 0 Å². The van der Waals surface area contributed by atoms with Crippen LogP contribution in [-0.2, 0) is 4.74 Å². The van der Waals surface area contributed by atoms with Gasteiger partial charge in [-0.1, -0.05) is 12.1 Å². The minimum Gasteiger partial charge on any atom is -0.494 e. The van der Waals surface area contributed by atoms with Crippen LogP contribution in [0.1, 0.15) is 36.7 Å². The maximum atomic E-state index is 11.9. The van der Waals surface area contributed by atoms with Crippen LogP contribution in [0.3, 0.4) is 0 Å². The molecule has 0 aliphatic carbocycles. The molecule has 7 heteroatoms. The molecule has 0 aliphatic rings. The number of nitrogens with one attached hydrogen (secondary N) is 1. The molecule has 0 unspecified atom stereocenters. The summed E-state index contributed by atoms with van der Waals surface area (Å²) in [6.07, 6.45) is 2.16. The average molecular weight is 314 g/mol. The fourth-order valence-corrected chi connectivity index (χ4v) is 2.00. The van der Waals surface area contributed by atoms with Crippen LogP contribution in [0, 0.1) is 11.3 Å². The molecule has 2 aromatic rings. The molecule has 2 rings (SSSR count). The fourth-order valence-electron chi connectivity index (χ4n) is 2.00. The van der Waals surface area contributed by atoms with Crippen LogP contribution in [0.2, 0.25) is 0 Å². The molecule has 0 amide bonds. The van der Waals surface area contributed by atoms with Gasteiger partial charge in [-0.2, -0.15) is 15.6 Å². The highest BCUT2D eigenvalue weighted by Crippen LogP contribution is 2.24. The number of hydrogen-bond donors (Lipinski definition) is 1. The molecule has 0 atom stereocenters. The lowest BCUT2D eigenvalue weighted by molar-refractivity contribution is 0.0520. The van der Waals surface area contributed by atoms with Gasteiger partial charge in [-0.3, -0.25) is 0 Å². The number of esters is 1. The third-order valence-corrected chi connectivity index (χ3v) is 3.08. The number of unbranched alkanes of at least 4 members (excludes halogenated alkanes) is 2. The molecule has 0 saturated heterocycles. The van der Waals surface area contributed by atoms with E-state index in [1.54, 1.807) is 13.0 Å². The Labute approximate surface area is 134 Å². The predicted octanol–water partition coefficient (Wildman–Crippen LogP) is 2.72. The minimum absolute atomic E-state index is 0.151. The third kappa shape index (κ3) is 4.54. The van der Waals surface area contributed by atoms with Gasteiger partial charge >= 0.3 is 5.97 Å². The van der Waals surface area contributed by atoms with Gasteiger partial charge in [0.15, 0.2) is 5.69 Å². The quantitative estimate of drug-likeness (QED) is 0.594. The van der Waals surface area contributed by atoms with Gasteiger partial charge in [-0.25, -0.2) is 4.79 Å². The van der Waals surface area contributed by atoms with E-state index in [1.807, 2.05) is 18.2 Å². The topological polar surface area (TPSA) is 101 Å². The Morgan fingerprint density at radius 3 is 3.00 bits per heavy atom. The van der Waals surface area contributed by atoms with Crippen LogP contribution < -0.4 is 4.74 Å². The zero-order valence-corrected chi connectivity index (χ0v) is 12.9. The summed E-state index contributed by atoms with van der Waals surface area (Å²) in [6, 6.07) is 9.38. The van der Waals surface area contributed by atoms with E-state index in [0.29, 0.717) is 24.5 Å².